The normalized spacial score (nSPS) is 16.6. The zero-order valence-electron chi connectivity index (χ0n) is 14.2. The number of morpholine rings is 1. The zero-order chi connectivity index (χ0) is 17.9. The molecule has 138 valence electrons. The second kappa shape index (κ2) is 7.72. The van der Waals surface area contributed by atoms with Gasteiger partial charge in [-0.05, 0) is 24.6 Å². The van der Waals surface area contributed by atoms with Crippen molar-refractivity contribution in [1.29, 1.82) is 0 Å². The number of halogens is 3. The SMILES string of the molecule is COCc1nc2cc(C(F)(F)F)ccc2n1CCCN1CCOCC1. The van der Waals surface area contributed by atoms with Gasteiger partial charge >= 0.3 is 6.18 Å². The van der Waals surface area contributed by atoms with Gasteiger partial charge in [0.25, 0.3) is 0 Å². The Balaban J connectivity index is 1.78. The predicted molar refractivity (Wildman–Crippen MR) is 87.3 cm³/mol. The minimum Gasteiger partial charge on any atom is -0.379 e. The molecule has 2 heterocycles. The first-order valence-electron chi connectivity index (χ1n) is 8.34. The third-order valence-corrected chi connectivity index (χ3v) is 4.39. The lowest BCUT2D eigenvalue weighted by molar-refractivity contribution is -0.137. The second-order valence-electron chi connectivity index (χ2n) is 6.12. The number of alkyl halides is 3. The van der Waals surface area contributed by atoms with Gasteiger partial charge in [-0.3, -0.25) is 4.90 Å². The summed E-state index contributed by atoms with van der Waals surface area (Å²) in [5.74, 6) is 0.652. The van der Waals surface area contributed by atoms with Crippen LogP contribution in [0.5, 0.6) is 0 Å². The molecule has 1 fully saturated rings. The van der Waals surface area contributed by atoms with Crippen molar-refractivity contribution in [1.82, 2.24) is 14.5 Å². The van der Waals surface area contributed by atoms with Gasteiger partial charge in [0.2, 0.25) is 0 Å². The van der Waals surface area contributed by atoms with Crippen molar-refractivity contribution in [2.45, 2.75) is 25.7 Å². The van der Waals surface area contributed by atoms with Crippen molar-refractivity contribution in [3.63, 3.8) is 0 Å². The molecule has 0 amide bonds. The van der Waals surface area contributed by atoms with Crippen LogP contribution in [0.1, 0.15) is 17.8 Å². The summed E-state index contributed by atoms with van der Waals surface area (Å²) in [5, 5.41) is 0. The predicted octanol–water partition coefficient (Wildman–Crippen LogP) is 2.92. The summed E-state index contributed by atoms with van der Waals surface area (Å²) in [6.07, 6.45) is -3.47. The number of benzene rings is 1. The van der Waals surface area contributed by atoms with Gasteiger partial charge in [0.05, 0.1) is 29.8 Å². The van der Waals surface area contributed by atoms with Gasteiger partial charge in [-0.15, -0.1) is 0 Å². The molecule has 0 radical (unpaired) electrons. The minimum absolute atomic E-state index is 0.271. The maximum atomic E-state index is 12.9. The van der Waals surface area contributed by atoms with E-state index < -0.39 is 11.7 Å². The molecule has 0 N–H and O–H groups in total. The molecule has 1 aromatic carbocycles. The van der Waals surface area contributed by atoms with E-state index in [1.54, 1.807) is 7.11 Å². The summed E-state index contributed by atoms with van der Waals surface area (Å²) in [5.41, 5.74) is 0.386. The van der Waals surface area contributed by atoms with Crippen molar-refractivity contribution >= 4 is 11.0 Å². The summed E-state index contributed by atoms with van der Waals surface area (Å²) in [7, 11) is 1.55. The third kappa shape index (κ3) is 4.31. The number of nitrogens with zero attached hydrogens (tertiary/aromatic N) is 3. The lowest BCUT2D eigenvalue weighted by Crippen LogP contribution is -2.37. The minimum atomic E-state index is -4.37. The molecule has 1 aromatic heterocycles. The van der Waals surface area contributed by atoms with Gasteiger partial charge < -0.3 is 14.0 Å². The fraction of sp³-hybridized carbons (Fsp3) is 0.588. The molecule has 3 rings (SSSR count). The molecule has 1 aliphatic rings. The van der Waals surface area contributed by atoms with Crippen LogP contribution in [-0.2, 0) is 28.8 Å². The van der Waals surface area contributed by atoms with Crippen molar-refractivity contribution in [2.24, 2.45) is 0 Å². The standard InChI is InChI=1S/C17H22F3N3O2/c1-24-12-16-21-14-11-13(17(18,19)20)3-4-15(14)23(16)6-2-5-22-7-9-25-10-8-22/h3-4,11H,2,5-10,12H2,1H3. The van der Waals surface area contributed by atoms with Crippen molar-refractivity contribution in [3.8, 4) is 0 Å². The molecule has 0 saturated carbocycles. The summed E-state index contributed by atoms with van der Waals surface area (Å²) < 4.78 is 51.2. The first-order chi connectivity index (χ1) is 12.0. The number of aryl methyl sites for hydroxylation is 1. The van der Waals surface area contributed by atoms with E-state index in [0.717, 1.165) is 51.4 Å². The average molecular weight is 357 g/mol. The highest BCUT2D eigenvalue weighted by Crippen LogP contribution is 2.31. The van der Waals surface area contributed by atoms with E-state index in [9.17, 15) is 13.2 Å². The fourth-order valence-corrected chi connectivity index (χ4v) is 3.12. The van der Waals surface area contributed by atoms with Crippen LogP contribution < -0.4 is 0 Å². The Bertz CT molecular complexity index is 709. The van der Waals surface area contributed by atoms with Gasteiger partial charge in [0, 0.05) is 33.3 Å². The summed E-state index contributed by atoms with van der Waals surface area (Å²) >= 11 is 0. The lowest BCUT2D eigenvalue weighted by atomic mass is 10.2. The van der Waals surface area contributed by atoms with E-state index in [0.29, 0.717) is 23.4 Å². The van der Waals surface area contributed by atoms with Crippen molar-refractivity contribution < 1.29 is 22.6 Å². The van der Waals surface area contributed by atoms with Crippen LogP contribution in [0.25, 0.3) is 11.0 Å². The zero-order valence-corrected chi connectivity index (χ0v) is 14.2. The molecule has 0 aliphatic carbocycles. The van der Waals surface area contributed by atoms with E-state index in [1.807, 2.05) is 4.57 Å². The number of methoxy groups -OCH3 is 1. The molecule has 0 atom stereocenters. The van der Waals surface area contributed by atoms with Gasteiger partial charge in [-0.2, -0.15) is 13.2 Å². The highest BCUT2D eigenvalue weighted by atomic mass is 19.4. The number of hydrogen-bond donors (Lipinski definition) is 0. The van der Waals surface area contributed by atoms with Crippen LogP contribution in [0, 0.1) is 0 Å². The first kappa shape index (κ1) is 18.2. The van der Waals surface area contributed by atoms with Crippen LogP contribution in [0.2, 0.25) is 0 Å². The quantitative estimate of drug-likeness (QED) is 0.797. The van der Waals surface area contributed by atoms with Gasteiger partial charge in [0.1, 0.15) is 12.4 Å². The molecule has 0 spiro atoms. The molecule has 1 aliphatic heterocycles. The molecule has 0 unspecified atom stereocenters. The highest BCUT2D eigenvalue weighted by molar-refractivity contribution is 5.77. The van der Waals surface area contributed by atoms with E-state index >= 15 is 0 Å². The van der Waals surface area contributed by atoms with Crippen LogP contribution in [0.4, 0.5) is 13.2 Å². The van der Waals surface area contributed by atoms with Crippen molar-refractivity contribution in [2.75, 3.05) is 40.0 Å². The number of rotatable bonds is 6. The smallest absolute Gasteiger partial charge is 0.379 e. The molecule has 8 heteroatoms. The average Bonchev–Trinajstić information content (AvgIpc) is 2.92. The Morgan fingerprint density at radius 2 is 1.96 bits per heavy atom. The molecule has 2 aromatic rings. The second-order valence-corrected chi connectivity index (χ2v) is 6.12. The molecule has 25 heavy (non-hydrogen) atoms. The Labute approximate surface area is 144 Å². The molecule has 5 nitrogen and oxygen atoms in total. The summed E-state index contributed by atoms with van der Waals surface area (Å²) in [6.45, 7) is 5.24. The molecular formula is C17H22F3N3O2. The van der Waals surface area contributed by atoms with Gasteiger partial charge in [-0.25, -0.2) is 4.98 Å². The first-order valence-corrected chi connectivity index (χ1v) is 8.34. The number of aromatic nitrogens is 2. The lowest BCUT2D eigenvalue weighted by Gasteiger charge is -2.26. The highest BCUT2D eigenvalue weighted by Gasteiger charge is 2.31. The molecular weight excluding hydrogens is 335 g/mol. The number of imidazole rings is 1. The maximum absolute atomic E-state index is 12.9. The van der Waals surface area contributed by atoms with Gasteiger partial charge in [0.15, 0.2) is 0 Å². The Kier molecular flexibility index (Phi) is 5.61. The largest absolute Gasteiger partial charge is 0.416 e. The van der Waals surface area contributed by atoms with E-state index in [2.05, 4.69) is 9.88 Å². The van der Waals surface area contributed by atoms with Gasteiger partial charge in [-0.1, -0.05) is 0 Å². The van der Waals surface area contributed by atoms with E-state index in [1.165, 1.54) is 6.07 Å². The van der Waals surface area contributed by atoms with E-state index in [-0.39, 0.29) is 6.61 Å². The van der Waals surface area contributed by atoms with Crippen LogP contribution in [0.3, 0.4) is 0 Å². The maximum Gasteiger partial charge on any atom is 0.416 e. The Morgan fingerprint density at radius 1 is 1.20 bits per heavy atom. The van der Waals surface area contributed by atoms with Crippen molar-refractivity contribution in [3.05, 3.63) is 29.6 Å². The summed E-state index contributed by atoms with van der Waals surface area (Å²) in [4.78, 5) is 6.68. The molecule has 0 bridgehead atoms. The summed E-state index contributed by atoms with van der Waals surface area (Å²) in [6, 6.07) is 3.71. The van der Waals surface area contributed by atoms with Crippen LogP contribution in [-0.4, -0.2) is 54.4 Å². The number of fused-ring (bicyclic) bond motifs is 1. The number of hydrogen-bond acceptors (Lipinski definition) is 4. The van der Waals surface area contributed by atoms with Crippen LogP contribution >= 0.6 is 0 Å². The fourth-order valence-electron chi connectivity index (χ4n) is 3.12. The third-order valence-electron chi connectivity index (χ3n) is 4.39. The Hall–Kier alpha value is -1.64. The monoisotopic (exact) mass is 357 g/mol. The number of ether oxygens (including phenoxy) is 2. The topological polar surface area (TPSA) is 39.5 Å². The van der Waals surface area contributed by atoms with Crippen LogP contribution in [0.15, 0.2) is 18.2 Å². The molecule has 1 saturated heterocycles. The Morgan fingerprint density at radius 3 is 2.64 bits per heavy atom. The van der Waals surface area contributed by atoms with E-state index in [4.69, 9.17) is 9.47 Å².